The van der Waals surface area contributed by atoms with Gasteiger partial charge in [0.15, 0.2) is 0 Å². The summed E-state index contributed by atoms with van der Waals surface area (Å²) in [7, 11) is 0. The predicted octanol–water partition coefficient (Wildman–Crippen LogP) is 2.04. The Kier molecular flexibility index (Phi) is 4.43. The van der Waals surface area contributed by atoms with Gasteiger partial charge in [0.05, 0.1) is 0 Å². The summed E-state index contributed by atoms with van der Waals surface area (Å²) in [6, 6.07) is 5.25. The van der Waals surface area contributed by atoms with Crippen LogP contribution in [0.2, 0.25) is 0 Å². The van der Waals surface area contributed by atoms with Crippen LogP contribution < -0.4 is 5.73 Å². The Labute approximate surface area is 114 Å². The fourth-order valence-electron chi connectivity index (χ4n) is 2.80. The Morgan fingerprint density at radius 1 is 1.53 bits per heavy atom. The quantitative estimate of drug-likeness (QED) is 0.872. The number of aryl methyl sites for hydroxylation is 1. The topological polar surface area (TPSA) is 66.6 Å². The Bertz CT molecular complexity index is 459. The number of nitrogens with zero attached hydrogens (tertiary/aromatic N) is 1. The van der Waals surface area contributed by atoms with Crippen LogP contribution in [-0.2, 0) is 0 Å². The van der Waals surface area contributed by atoms with Crippen molar-refractivity contribution in [3.63, 3.8) is 0 Å². The number of nitrogens with two attached hydrogens (primary N) is 1. The molecule has 1 unspecified atom stereocenters. The lowest BCUT2D eigenvalue weighted by molar-refractivity contribution is 0.0728. The highest BCUT2D eigenvalue weighted by molar-refractivity contribution is 5.96. The van der Waals surface area contributed by atoms with Crippen LogP contribution >= 0.6 is 0 Å². The molecule has 1 aromatic rings. The Balaban J connectivity index is 2.13. The summed E-state index contributed by atoms with van der Waals surface area (Å²) in [4.78, 5) is 14.5. The molecule has 4 heteroatoms. The maximum Gasteiger partial charge on any atom is 0.254 e. The number of rotatable bonds is 4. The van der Waals surface area contributed by atoms with E-state index >= 15 is 0 Å². The molecule has 1 aromatic carbocycles. The number of aromatic hydroxyl groups is 1. The highest BCUT2D eigenvalue weighted by Crippen LogP contribution is 2.25. The third-order valence-electron chi connectivity index (χ3n) is 3.82. The average Bonchev–Trinajstić information content (AvgIpc) is 2.83. The van der Waals surface area contributed by atoms with E-state index in [0.29, 0.717) is 18.2 Å². The number of phenolic OH excluding ortho intramolecular Hbond substituents is 1. The molecule has 1 heterocycles. The van der Waals surface area contributed by atoms with Crippen LogP contribution in [0.25, 0.3) is 0 Å². The number of carbonyl (C=O) groups is 1. The minimum absolute atomic E-state index is 0.0806. The maximum absolute atomic E-state index is 12.6. The van der Waals surface area contributed by atoms with Crippen LogP contribution in [0.15, 0.2) is 18.2 Å². The molecule has 0 bridgehead atoms. The Hall–Kier alpha value is -1.55. The predicted molar refractivity (Wildman–Crippen MR) is 75.2 cm³/mol. The second-order valence-electron chi connectivity index (χ2n) is 5.22. The minimum Gasteiger partial charge on any atom is -0.508 e. The van der Waals surface area contributed by atoms with E-state index in [1.807, 2.05) is 11.8 Å². The lowest BCUT2D eigenvalue weighted by Crippen LogP contribution is -2.36. The van der Waals surface area contributed by atoms with Gasteiger partial charge in [-0.3, -0.25) is 4.79 Å². The molecule has 1 saturated heterocycles. The number of benzene rings is 1. The molecule has 1 aliphatic rings. The normalized spacial score (nSPS) is 18.8. The van der Waals surface area contributed by atoms with Crippen LogP contribution in [-0.4, -0.2) is 35.0 Å². The van der Waals surface area contributed by atoms with Crippen molar-refractivity contribution < 1.29 is 9.90 Å². The van der Waals surface area contributed by atoms with Crippen molar-refractivity contribution in [1.29, 1.82) is 0 Å². The van der Waals surface area contributed by atoms with E-state index in [1.165, 1.54) is 0 Å². The van der Waals surface area contributed by atoms with Crippen LogP contribution in [0.1, 0.15) is 41.6 Å². The minimum atomic E-state index is 0.0806. The van der Waals surface area contributed by atoms with Gasteiger partial charge in [0.25, 0.3) is 5.91 Å². The number of carbonyl (C=O) groups excluding carboxylic acids is 1. The van der Waals surface area contributed by atoms with Crippen molar-refractivity contribution in [3.8, 4) is 5.75 Å². The monoisotopic (exact) mass is 262 g/mol. The van der Waals surface area contributed by atoms with E-state index < -0.39 is 0 Å². The van der Waals surface area contributed by atoms with Gasteiger partial charge in [-0.25, -0.2) is 0 Å². The standard InChI is InChI=1S/C15H22N2O2/c1-11-10-13(18)6-7-14(11)15(19)17-9-3-5-12(17)4-2-8-16/h6-7,10,12,18H,2-5,8-9,16H2,1H3. The van der Waals surface area contributed by atoms with Gasteiger partial charge < -0.3 is 15.7 Å². The molecule has 0 aliphatic carbocycles. The fourth-order valence-corrected chi connectivity index (χ4v) is 2.80. The molecule has 1 aliphatic heterocycles. The number of hydrogen-bond acceptors (Lipinski definition) is 3. The van der Waals surface area contributed by atoms with Crippen molar-refractivity contribution in [1.82, 2.24) is 4.90 Å². The molecule has 2 rings (SSSR count). The first-order valence-electron chi connectivity index (χ1n) is 6.94. The molecule has 1 amide bonds. The van der Waals surface area contributed by atoms with Gasteiger partial charge in [-0.2, -0.15) is 0 Å². The van der Waals surface area contributed by atoms with Crippen molar-refractivity contribution in [2.24, 2.45) is 5.73 Å². The third kappa shape index (κ3) is 3.07. The van der Waals surface area contributed by atoms with Gasteiger partial charge in [0.2, 0.25) is 0 Å². The van der Waals surface area contributed by atoms with E-state index in [4.69, 9.17) is 5.73 Å². The Morgan fingerprint density at radius 3 is 3.00 bits per heavy atom. The zero-order valence-corrected chi connectivity index (χ0v) is 11.4. The number of likely N-dealkylation sites (tertiary alicyclic amines) is 1. The third-order valence-corrected chi connectivity index (χ3v) is 3.82. The molecule has 0 radical (unpaired) electrons. The first-order chi connectivity index (χ1) is 9.13. The molecule has 1 fully saturated rings. The summed E-state index contributed by atoms with van der Waals surface area (Å²) >= 11 is 0. The van der Waals surface area contributed by atoms with Crippen LogP contribution in [0.4, 0.5) is 0 Å². The second kappa shape index (κ2) is 6.06. The first-order valence-corrected chi connectivity index (χ1v) is 6.94. The zero-order valence-electron chi connectivity index (χ0n) is 11.4. The summed E-state index contributed by atoms with van der Waals surface area (Å²) in [5.41, 5.74) is 7.07. The van der Waals surface area contributed by atoms with Crippen molar-refractivity contribution >= 4 is 5.91 Å². The molecule has 1 atom stereocenters. The van der Waals surface area contributed by atoms with Crippen LogP contribution in [0.5, 0.6) is 5.75 Å². The van der Waals surface area contributed by atoms with Gasteiger partial charge >= 0.3 is 0 Å². The number of hydrogen-bond donors (Lipinski definition) is 2. The molecule has 104 valence electrons. The van der Waals surface area contributed by atoms with E-state index in [2.05, 4.69) is 0 Å². The van der Waals surface area contributed by atoms with Gasteiger partial charge in [0.1, 0.15) is 5.75 Å². The summed E-state index contributed by atoms with van der Waals surface area (Å²) in [6.45, 7) is 3.36. The molecule has 0 saturated carbocycles. The van der Waals surface area contributed by atoms with E-state index in [0.717, 1.165) is 37.8 Å². The zero-order chi connectivity index (χ0) is 13.8. The number of phenols is 1. The molecule has 0 aromatic heterocycles. The SMILES string of the molecule is Cc1cc(O)ccc1C(=O)N1CCCC1CCCN. The molecular weight excluding hydrogens is 240 g/mol. The lowest BCUT2D eigenvalue weighted by atomic mass is 10.0. The first kappa shape index (κ1) is 13.9. The van der Waals surface area contributed by atoms with Crippen molar-refractivity contribution in [2.75, 3.05) is 13.1 Å². The van der Waals surface area contributed by atoms with Crippen molar-refractivity contribution in [3.05, 3.63) is 29.3 Å². The van der Waals surface area contributed by atoms with Gasteiger partial charge in [0, 0.05) is 18.2 Å². The molecule has 19 heavy (non-hydrogen) atoms. The van der Waals surface area contributed by atoms with E-state index in [-0.39, 0.29) is 11.7 Å². The molecule has 0 spiro atoms. The summed E-state index contributed by atoms with van der Waals surface area (Å²) in [5.74, 6) is 0.284. The van der Waals surface area contributed by atoms with Crippen LogP contribution in [0.3, 0.4) is 0 Å². The summed E-state index contributed by atoms with van der Waals surface area (Å²) in [5, 5.41) is 9.41. The lowest BCUT2D eigenvalue weighted by Gasteiger charge is -2.25. The van der Waals surface area contributed by atoms with Crippen LogP contribution in [0, 0.1) is 6.92 Å². The number of amides is 1. The van der Waals surface area contributed by atoms with E-state index in [9.17, 15) is 9.90 Å². The van der Waals surface area contributed by atoms with Gasteiger partial charge in [-0.05, 0) is 62.9 Å². The molecule has 4 nitrogen and oxygen atoms in total. The highest BCUT2D eigenvalue weighted by Gasteiger charge is 2.29. The summed E-state index contributed by atoms with van der Waals surface area (Å²) in [6.07, 6.45) is 4.09. The summed E-state index contributed by atoms with van der Waals surface area (Å²) < 4.78 is 0. The second-order valence-corrected chi connectivity index (χ2v) is 5.22. The van der Waals surface area contributed by atoms with E-state index in [1.54, 1.807) is 18.2 Å². The largest absolute Gasteiger partial charge is 0.508 e. The Morgan fingerprint density at radius 2 is 2.32 bits per heavy atom. The fraction of sp³-hybridized carbons (Fsp3) is 0.533. The smallest absolute Gasteiger partial charge is 0.254 e. The van der Waals surface area contributed by atoms with Gasteiger partial charge in [-0.15, -0.1) is 0 Å². The molecule has 3 N–H and O–H groups in total. The maximum atomic E-state index is 12.6. The van der Waals surface area contributed by atoms with Gasteiger partial charge in [-0.1, -0.05) is 0 Å². The van der Waals surface area contributed by atoms with Crippen molar-refractivity contribution in [2.45, 2.75) is 38.6 Å². The average molecular weight is 262 g/mol. The molecular formula is C15H22N2O2. The highest BCUT2D eigenvalue weighted by atomic mass is 16.3.